The lowest BCUT2D eigenvalue weighted by Crippen LogP contribution is -2.27. The van der Waals surface area contributed by atoms with Crippen LogP contribution < -0.4 is 0 Å². The van der Waals surface area contributed by atoms with Crippen LogP contribution in [0, 0.1) is 0 Å². The van der Waals surface area contributed by atoms with Crippen LogP contribution in [-0.2, 0) is 13.1 Å². The van der Waals surface area contributed by atoms with Crippen LogP contribution in [0.25, 0.3) is 0 Å². The Kier molecular flexibility index (Phi) is 3.30. The van der Waals surface area contributed by atoms with Crippen LogP contribution in [0.3, 0.4) is 0 Å². The first-order chi connectivity index (χ1) is 4.33. The zero-order valence-electron chi connectivity index (χ0n) is 5.67. The fourth-order valence-corrected chi connectivity index (χ4v) is 1.42. The smallest absolute Gasteiger partial charge is 0.238 e. The van der Waals surface area contributed by atoms with E-state index in [-0.39, 0.29) is 0 Å². The van der Waals surface area contributed by atoms with Gasteiger partial charge in [0.1, 0.15) is 5.75 Å². The van der Waals surface area contributed by atoms with Gasteiger partial charge in [-0.05, 0) is 0 Å². The second kappa shape index (κ2) is 3.34. The largest absolute Gasteiger partial charge is 0.348 e. The molecule has 4 nitrogen and oxygen atoms in total. The highest BCUT2D eigenvalue weighted by Gasteiger charge is 2.13. The number of carbonyl (C=O) groups is 1. The van der Waals surface area contributed by atoms with E-state index in [2.05, 4.69) is 14.8 Å². The fourth-order valence-electron chi connectivity index (χ4n) is 0.277. The van der Waals surface area contributed by atoms with E-state index in [0.29, 0.717) is 0 Å². The van der Waals surface area contributed by atoms with Gasteiger partial charge in [0.25, 0.3) is 0 Å². The minimum absolute atomic E-state index is 0.433. The molecule has 0 rings (SSSR count). The van der Waals surface area contributed by atoms with Crippen molar-refractivity contribution in [1.29, 1.82) is 0 Å². The van der Waals surface area contributed by atoms with Gasteiger partial charge in [-0.1, -0.05) is 0 Å². The second-order valence-corrected chi connectivity index (χ2v) is 6.30. The topological polar surface area (TPSA) is 54.5 Å². The van der Waals surface area contributed by atoms with Crippen molar-refractivity contribution in [2.75, 3.05) is 19.8 Å². The molecule has 10 heavy (non-hydrogen) atoms. The molecule has 0 saturated carbocycles. The molecule has 0 fully saturated rings. The summed E-state index contributed by atoms with van der Waals surface area (Å²) >= 11 is 2.37. The van der Waals surface area contributed by atoms with E-state index in [1.54, 1.807) is 0 Å². The van der Waals surface area contributed by atoms with Crippen molar-refractivity contribution in [3.8, 4) is 0 Å². The van der Waals surface area contributed by atoms with E-state index in [0.717, 1.165) is 0 Å². The summed E-state index contributed by atoms with van der Waals surface area (Å²) in [5, 5.41) is 0. The predicted octanol–water partition coefficient (Wildman–Crippen LogP) is -0.201. The number of halogens is 1. The van der Waals surface area contributed by atoms with E-state index in [4.69, 9.17) is 0 Å². The average molecular weight is 230 g/mol. The van der Waals surface area contributed by atoms with E-state index >= 15 is 0 Å². The van der Waals surface area contributed by atoms with Crippen LogP contribution in [0.4, 0.5) is 0 Å². The molecule has 0 bridgehead atoms. The van der Waals surface area contributed by atoms with Crippen molar-refractivity contribution in [1.82, 2.24) is 4.90 Å². The summed E-state index contributed by atoms with van der Waals surface area (Å²) in [6.45, 7) is 0. The maximum atomic E-state index is 10.7. The van der Waals surface area contributed by atoms with Gasteiger partial charge in [-0.2, -0.15) is 0 Å². The van der Waals surface area contributed by atoms with Crippen LogP contribution in [-0.4, -0.2) is 39.1 Å². The quantitative estimate of drug-likeness (QED) is 0.617. The molecule has 6 heteroatoms. The minimum atomic E-state index is -3.35. The molecule has 1 amide bonds. The maximum Gasteiger partial charge on any atom is 0.238 e. The number of rotatable bonds is 2. The monoisotopic (exact) mass is 229 g/mol. The van der Waals surface area contributed by atoms with Gasteiger partial charge < -0.3 is 4.90 Å². The van der Waals surface area contributed by atoms with E-state index in [1.807, 2.05) is 0 Å². The van der Waals surface area contributed by atoms with Crippen molar-refractivity contribution in [3.63, 3.8) is 0 Å². The lowest BCUT2D eigenvalue weighted by Gasteiger charge is -2.07. The molecule has 0 aromatic heterocycles. The summed E-state index contributed by atoms with van der Waals surface area (Å²) in [6, 6.07) is 0. The van der Waals surface area contributed by atoms with Crippen molar-refractivity contribution < 1.29 is 13.2 Å². The van der Waals surface area contributed by atoms with Gasteiger partial charge in [0.05, 0.1) is 14.8 Å². The number of amides is 1. The normalized spacial score (nSPS) is 11.1. The fraction of sp³-hybridized carbons (Fsp3) is 0.750. The Hall–Kier alpha value is -0.100. The Morgan fingerprint density at radius 3 is 2.00 bits per heavy atom. The Labute approximate surface area is 67.3 Å². The molecule has 0 heterocycles. The second-order valence-electron chi connectivity index (χ2n) is 1.97. The summed E-state index contributed by atoms with van der Waals surface area (Å²) in [7, 11) is -0.346. The van der Waals surface area contributed by atoms with Crippen LogP contribution in [0.15, 0.2) is 0 Å². The molecule has 0 N–H and O–H groups in total. The maximum absolute atomic E-state index is 10.7. The average Bonchev–Trinajstić information content (AvgIpc) is 1.60. The van der Waals surface area contributed by atoms with E-state index in [1.165, 1.54) is 19.0 Å². The number of hydrogen-bond acceptors (Lipinski definition) is 3. The van der Waals surface area contributed by atoms with Crippen LogP contribution in [0.2, 0.25) is 0 Å². The number of hydrogen-bond donors (Lipinski definition) is 0. The van der Waals surface area contributed by atoms with Gasteiger partial charge in [0, 0.05) is 14.1 Å². The van der Waals surface area contributed by atoms with Crippen molar-refractivity contribution >= 4 is 29.0 Å². The lowest BCUT2D eigenvalue weighted by atomic mass is 10.6. The van der Waals surface area contributed by atoms with Gasteiger partial charge >= 0.3 is 0 Å². The van der Waals surface area contributed by atoms with Gasteiger partial charge in [-0.25, -0.2) is 8.42 Å². The van der Waals surface area contributed by atoms with Crippen LogP contribution in [0.1, 0.15) is 0 Å². The molecular weight excluding hydrogens is 222 g/mol. The van der Waals surface area contributed by atoms with E-state index < -0.39 is 19.9 Å². The highest BCUT2D eigenvalue weighted by Crippen LogP contribution is 2.00. The zero-order valence-corrected chi connectivity index (χ0v) is 8.07. The zero-order chi connectivity index (χ0) is 8.36. The summed E-state index contributed by atoms with van der Waals surface area (Å²) in [4.78, 5) is 11.9. The minimum Gasteiger partial charge on any atom is -0.348 e. The molecule has 0 aromatic carbocycles. The first-order valence-electron chi connectivity index (χ1n) is 2.45. The van der Waals surface area contributed by atoms with Gasteiger partial charge in [-0.15, -0.1) is 0 Å². The Bertz CT molecular complexity index is 221. The molecule has 0 unspecified atom stereocenters. The Balaban J connectivity index is 4.07. The SMILES string of the molecule is CN(C)C(=O)CS(=O)(=O)Br. The third-order valence-electron chi connectivity index (χ3n) is 0.795. The van der Waals surface area contributed by atoms with Crippen molar-refractivity contribution in [3.05, 3.63) is 0 Å². The first kappa shape index (κ1) is 9.90. The summed E-state index contributed by atoms with van der Waals surface area (Å²) in [5.41, 5.74) is 0. The molecule has 0 aliphatic carbocycles. The first-order valence-corrected chi connectivity index (χ1v) is 5.95. The standard InChI is InChI=1S/C4H8BrNO3S/c1-6(2)4(7)3-10(5,8)9/h3H2,1-2H3. The molecule has 0 aliphatic rings. The van der Waals surface area contributed by atoms with Gasteiger partial charge in [0.2, 0.25) is 14.2 Å². The molecule has 0 saturated heterocycles. The third kappa shape index (κ3) is 4.75. The summed E-state index contributed by atoms with van der Waals surface area (Å²) in [6.07, 6.45) is 0. The number of carbonyl (C=O) groups excluding carboxylic acids is 1. The molecule has 0 atom stereocenters. The highest BCUT2D eigenvalue weighted by molar-refractivity contribution is 9.47. The van der Waals surface area contributed by atoms with Crippen molar-refractivity contribution in [2.45, 2.75) is 0 Å². The van der Waals surface area contributed by atoms with Crippen LogP contribution >= 0.6 is 14.8 Å². The molecule has 0 spiro atoms. The highest BCUT2D eigenvalue weighted by atomic mass is 79.9. The molecule has 0 aliphatic heterocycles. The van der Waals surface area contributed by atoms with Crippen molar-refractivity contribution in [2.24, 2.45) is 0 Å². The molecular formula is C4H8BrNO3S. The summed E-state index contributed by atoms with van der Waals surface area (Å²) in [5.74, 6) is -0.920. The Morgan fingerprint density at radius 1 is 1.50 bits per heavy atom. The molecule has 0 aromatic rings. The summed E-state index contributed by atoms with van der Waals surface area (Å²) < 4.78 is 20.8. The predicted molar refractivity (Wildman–Crippen MR) is 41.4 cm³/mol. The molecule has 0 radical (unpaired) electrons. The molecule has 60 valence electrons. The van der Waals surface area contributed by atoms with E-state index in [9.17, 15) is 13.2 Å². The van der Waals surface area contributed by atoms with Crippen LogP contribution in [0.5, 0.6) is 0 Å². The lowest BCUT2D eigenvalue weighted by molar-refractivity contribution is -0.125. The third-order valence-corrected chi connectivity index (χ3v) is 2.07. The van der Waals surface area contributed by atoms with Gasteiger partial charge in [0.15, 0.2) is 0 Å². The van der Waals surface area contributed by atoms with Gasteiger partial charge in [-0.3, -0.25) is 4.79 Å². The Morgan fingerprint density at radius 2 is 1.90 bits per heavy atom. The number of nitrogens with zero attached hydrogens (tertiary/aromatic N) is 1.